The number of hydrogen-bond donors (Lipinski definition) is 1. The lowest BCUT2D eigenvalue weighted by Crippen LogP contribution is -2.39. The third kappa shape index (κ3) is 10.4. The summed E-state index contributed by atoms with van der Waals surface area (Å²) in [5, 5.41) is 2.77. The van der Waals surface area contributed by atoms with Gasteiger partial charge >= 0.3 is 5.69 Å². The van der Waals surface area contributed by atoms with Crippen LogP contribution in [0.15, 0.2) is 58.4 Å². The highest BCUT2D eigenvalue weighted by Gasteiger charge is 2.33. The Labute approximate surface area is 306 Å². The van der Waals surface area contributed by atoms with Crippen LogP contribution in [-0.2, 0) is 18.9 Å². The molecule has 12 nitrogen and oxygen atoms in total. The van der Waals surface area contributed by atoms with Crippen LogP contribution in [0.25, 0.3) is 11.2 Å². The van der Waals surface area contributed by atoms with Crippen LogP contribution in [-0.4, -0.2) is 51.2 Å². The van der Waals surface area contributed by atoms with Gasteiger partial charge in [-0.2, -0.15) is 0 Å². The van der Waals surface area contributed by atoms with E-state index in [9.17, 15) is 19.2 Å². The number of aryl methyl sites for hydroxylation is 1. The first-order chi connectivity index (χ1) is 25.2. The van der Waals surface area contributed by atoms with Gasteiger partial charge in [-0.3, -0.25) is 23.5 Å². The lowest BCUT2D eigenvalue weighted by atomic mass is 10.0. The minimum absolute atomic E-state index is 0.0462. The third-order valence-electron chi connectivity index (χ3n) is 9.52. The first-order valence-electron chi connectivity index (χ1n) is 18.6. The third-order valence-corrected chi connectivity index (χ3v) is 9.52. The summed E-state index contributed by atoms with van der Waals surface area (Å²) in [4.78, 5) is 58.4. The maximum atomic E-state index is 14.2. The predicted molar refractivity (Wildman–Crippen MR) is 204 cm³/mol. The number of ketones is 1. The Kier molecular flexibility index (Phi) is 15.5. The van der Waals surface area contributed by atoms with E-state index in [-0.39, 0.29) is 22.4 Å². The molecule has 1 atom stereocenters. The maximum Gasteiger partial charge on any atom is 0.332 e. The molecule has 1 N–H and O–H groups in total. The average Bonchev–Trinajstić information content (AvgIpc) is 3.59. The van der Waals surface area contributed by atoms with Gasteiger partial charge in [0.15, 0.2) is 23.0 Å². The Balaban J connectivity index is 1.38. The van der Waals surface area contributed by atoms with Crippen molar-refractivity contribution in [2.45, 2.75) is 103 Å². The number of benzene rings is 2. The van der Waals surface area contributed by atoms with Crippen LogP contribution in [0, 0.1) is 0 Å². The molecule has 12 heteroatoms. The van der Waals surface area contributed by atoms with Gasteiger partial charge in [0.2, 0.25) is 0 Å². The van der Waals surface area contributed by atoms with Gasteiger partial charge in [-0.15, -0.1) is 0 Å². The predicted octanol–water partition coefficient (Wildman–Crippen LogP) is 7.37. The normalized spacial score (nSPS) is 11.8. The zero-order chi connectivity index (χ0) is 37.5. The molecule has 2 heterocycles. The molecule has 1 amide bonds. The fraction of sp³-hybridized carbons (Fsp3) is 0.525. The van der Waals surface area contributed by atoms with E-state index in [1.807, 2.05) is 0 Å². The Morgan fingerprint density at radius 1 is 0.750 bits per heavy atom. The topological polar surface area (TPSA) is 136 Å². The molecule has 0 aliphatic heterocycles. The van der Waals surface area contributed by atoms with Gasteiger partial charge in [0.1, 0.15) is 17.2 Å². The second kappa shape index (κ2) is 20.2. The number of nitrogens with one attached hydrogen (secondary N) is 1. The van der Waals surface area contributed by atoms with Crippen molar-refractivity contribution in [3.05, 3.63) is 75.2 Å². The highest BCUT2D eigenvalue weighted by Crippen LogP contribution is 2.31. The number of Topliss-reactive ketones (excluding diaryl/α,β-unsaturated/α-hetero) is 1. The summed E-state index contributed by atoms with van der Waals surface area (Å²) in [6, 6.07) is 9.90. The van der Waals surface area contributed by atoms with E-state index in [4.69, 9.17) is 14.2 Å². The van der Waals surface area contributed by atoms with Gasteiger partial charge in [-0.25, -0.2) is 9.78 Å². The summed E-state index contributed by atoms with van der Waals surface area (Å²) in [6.07, 6.45) is 19.2. The molecule has 0 spiro atoms. The summed E-state index contributed by atoms with van der Waals surface area (Å²) < 4.78 is 20.0. The lowest BCUT2D eigenvalue weighted by molar-refractivity contribution is -0.118. The molecule has 0 aliphatic carbocycles. The number of rotatable bonds is 23. The first kappa shape index (κ1) is 39.9. The highest BCUT2D eigenvalue weighted by atomic mass is 16.5. The molecular formula is C40H55N5O7. The van der Waals surface area contributed by atoms with E-state index in [0.29, 0.717) is 23.9 Å². The van der Waals surface area contributed by atoms with Crippen LogP contribution in [0.5, 0.6) is 17.2 Å². The van der Waals surface area contributed by atoms with E-state index < -0.39 is 29.0 Å². The number of methoxy groups -OCH3 is 2. The molecule has 52 heavy (non-hydrogen) atoms. The summed E-state index contributed by atoms with van der Waals surface area (Å²) in [5.74, 6) is 0.0818. The molecule has 2 aromatic heterocycles. The zero-order valence-electron chi connectivity index (χ0n) is 31.4. The van der Waals surface area contributed by atoms with Crippen molar-refractivity contribution < 1.29 is 23.8 Å². The standard InChI is InChI=1S/C40H55N5O7/c1-6-7-8-9-10-11-12-13-14-15-16-17-18-19-26-52-30-22-20-29(21-23-30)36(46)34(38(47)42-32-27-31(50-4)24-25-33(32)51-5)45-28-41-37-35(45)39(48)44(3)40(49)43(37)2/h20-25,27-28,34H,6-19,26H2,1-5H3,(H,42,47). The fourth-order valence-electron chi connectivity index (χ4n) is 6.40. The molecule has 4 rings (SSSR count). The van der Waals surface area contributed by atoms with Gasteiger partial charge in [-0.05, 0) is 42.8 Å². The molecular weight excluding hydrogens is 662 g/mol. The number of ether oxygens (including phenoxy) is 3. The Morgan fingerprint density at radius 3 is 1.90 bits per heavy atom. The van der Waals surface area contributed by atoms with Gasteiger partial charge in [0, 0.05) is 25.7 Å². The minimum atomic E-state index is -1.56. The molecule has 2 aromatic carbocycles. The highest BCUT2D eigenvalue weighted by molar-refractivity contribution is 6.16. The van der Waals surface area contributed by atoms with Gasteiger partial charge < -0.3 is 24.1 Å². The van der Waals surface area contributed by atoms with Crippen LogP contribution in [0.2, 0.25) is 0 Å². The summed E-state index contributed by atoms with van der Waals surface area (Å²) >= 11 is 0. The van der Waals surface area contributed by atoms with Crippen molar-refractivity contribution in [2.24, 2.45) is 14.1 Å². The molecule has 0 bridgehead atoms. The number of nitrogens with zero attached hydrogens (tertiary/aromatic N) is 4. The van der Waals surface area contributed by atoms with Gasteiger partial charge in [-0.1, -0.05) is 90.4 Å². The van der Waals surface area contributed by atoms with Crippen molar-refractivity contribution in [2.75, 3.05) is 26.1 Å². The number of unbranched alkanes of at least 4 members (excludes halogenated alkanes) is 13. The van der Waals surface area contributed by atoms with Gasteiger partial charge in [0.05, 0.1) is 32.8 Å². The maximum absolute atomic E-state index is 14.2. The molecule has 1 unspecified atom stereocenters. The summed E-state index contributed by atoms with van der Waals surface area (Å²) in [7, 11) is 5.75. The zero-order valence-corrected chi connectivity index (χ0v) is 31.4. The number of imidazole rings is 1. The van der Waals surface area contributed by atoms with E-state index in [2.05, 4.69) is 17.2 Å². The van der Waals surface area contributed by atoms with Crippen molar-refractivity contribution >= 4 is 28.5 Å². The van der Waals surface area contributed by atoms with Crippen LogP contribution in [0.1, 0.15) is 113 Å². The van der Waals surface area contributed by atoms with Crippen molar-refractivity contribution in [1.29, 1.82) is 0 Å². The Bertz CT molecular complexity index is 1880. The van der Waals surface area contributed by atoms with Crippen LogP contribution in [0.4, 0.5) is 5.69 Å². The number of carbonyl (C=O) groups excluding carboxylic acids is 2. The van der Waals surface area contributed by atoms with E-state index in [1.165, 1.54) is 121 Å². The van der Waals surface area contributed by atoms with Gasteiger partial charge in [0.25, 0.3) is 11.5 Å². The summed E-state index contributed by atoms with van der Waals surface area (Å²) in [5.41, 5.74) is -0.797. The molecule has 4 aromatic rings. The van der Waals surface area contributed by atoms with Crippen LogP contribution >= 0.6 is 0 Å². The molecule has 0 aliphatic rings. The first-order valence-corrected chi connectivity index (χ1v) is 18.6. The fourth-order valence-corrected chi connectivity index (χ4v) is 6.40. The van der Waals surface area contributed by atoms with Crippen molar-refractivity contribution in [3.63, 3.8) is 0 Å². The quantitative estimate of drug-likeness (QED) is 0.0477. The second-order valence-corrected chi connectivity index (χ2v) is 13.3. The summed E-state index contributed by atoms with van der Waals surface area (Å²) in [6.45, 7) is 2.83. The Hall–Kier alpha value is -4.87. The molecule has 0 saturated carbocycles. The van der Waals surface area contributed by atoms with Crippen molar-refractivity contribution in [3.8, 4) is 17.2 Å². The molecule has 282 valence electrons. The van der Waals surface area contributed by atoms with E-state index in [0.717, 1.165) is 17.4 Å². The number of anilines is 1. The number of carbonyl (C=O) groups is 2. The number of hydrogen-bond acceptors (Lipinski definition) is 8. The minimum Gasteiger partial charge on any atom is -0.497 e. The number of aromatic nitrogens is 4. The van der Waals surface area contributed by atoms with Crippen LogP contribution < -0.4 is 30.8 Å². The molecule has 0 saturated heterocycles. The number of amides is 1. The largest absolute Gasteiger partial charge is 0.497 e. The van der Waals surface area contributed by atoms with E-state index >= 15 is 0 Å². The smallest absolute Gasteiger partial charge is 0.332 e. The van der Waals surface area contributed by atoms with Crippen molar-refractivity contribution in [1.82, 2.24) is 18.7 Å². The molecule has 0 radical (unpaired) electrons. The Morgan fingerprint density at radius 2 is 1.33 bits per heavy atom. The van der Waals surface area contributed by atoms with E-state index in [1.54, 1.807) is 42.5 Å². The lowest BCUT2D eigenvalue weighted by Gasteiger charge is -2.20. The number of fused-ring (bicyclic) bond motifs is 1. The average molecular weight is 718 g/mol. The van der Waals surface area contributed by atoms with Crippen LogP contribution in [0.3, 0.4) is 0 Å². The molecule has 0 fully saturated rings. The SMILES string of the molecule is CCCCCCCCCCCCCCCCOc1ccc(C(=O)C(C(=O)Nc2cc(OC)ccc2OC)n2cnc3c2c(=O)n(C)c(=O)n3C)cc1. The second-order valence-electron chi connectivity index (χ2n) is 13.3. The monoisotopic (exact) mass is 717 g/mol.